The number of hydrogen-bond donors (Lipinski definition) is 1. The van der Waals surface area contributed by atoms with Gasteiger partial charge in [-0.15, -0.1) is 0 Å². The molecule has 0 bridgehead atoms. The number of benzene rings is 2. The molecule has 128 valence electrons. The largest absolute Gasteiger partial charge is 0.504 e. The minimum atomic E-state index is 0.167. The molecule has 2 aliphatic rings. The van der Waals surface area contributed by atoms with Crippen LogP contribution in [0.15, 0.2) is 53.5 Å². The monoisotopic (exact) mass is 333 g/mol. The molecule has 3 nitrogen and oxygen atoms in total. The second kappa shape index (κ2) is 6.75. The normalized spacial score (nSPS) is 22.2. The molecule has 2 atom stereocenters. The van der Waals surface area contributed by atoms with Crippen LogP contribution in [-0.2, 0) is 12.8 Å². The molecule has 3 heteroatoms. The Morgan fingerprint density at radius 1 is 1.12 bits per heavy atom. The van der Waals surface area contributed by atoms with Crippen LogP contribution in [-0.4, -0.2) is 25.0 Å². The first-order chi connectivity index (χ1) is 12.2. The van der Waals surface area contributed by atoms with Crippen molar-refractivity contribution in [3.05, 3.63) is 65.2 Å². The van der Waals surface area contributed by atoms with Crippen LogP contribution in [0.2, 0.25) is 0 Å². The molecule has 0 aromatic heterocycles. The number of rotatable bonds is 3. The number of phenolic OH excluding ortho intramolecular Hbond substituents is 1. The van der Waals surface area contributed by atoms with Crippen molar-refractivity contribution in [1.82, 2.24) is 0 Å². The number of aliphatic imine (C=N–C) groups is 1. The first kappa shape index (κ1) is 15.9. The van der Waals surface area contributed by atoms with E-state index >= 15 is 0 Å². The van der Waals surface area contributed by atoms with Crippen LogP contribution in [0.1, 0.15) is 23.1 Å². The second-order valence-electron chi connectivity index (χ2n) is 6.94. The average molecular weight is 333 g/mol. The SMILES string of the molecule is COc1cc(C2=CC(C3CCc4ccccc4C3)CN=C2)ccc1O. The molecule has 1 aliphatic heterocycles. The lowest BCUT2D eigenvalue weighted by atomic mass is 9.75. The van der Waals surface area contributed by atoms with Crippen molar-refractivity contribution >= 4 is 11.8 Å². The third kappa shape index (κ3) is 3.19. The van der Waals surface area contributed by atoms with E-state index in [1.165, 1.54) is 17.5 Å². The summed E-state index contributed by atoms with van der Waals surface area (Å²) >= 11 is 0. The molecule has 0 amide bonds. The van der Waals surface area contributed by atoms with E-state index in [4.69, 9.17) is 4.74 Å². The van der Waals surface area contributed by atoms with E-state index in [2.05, 4.69) is 35.3 Å². The number of aromatic hydroxyl groups is 1. The highest BCUT2D eigenvalue weighted by Crippen LogP contribution is 2.35. The number of allylic oxidation sites excluding steroid dienone is 1. The molecular formula is C22H23NO2. The summed E-state index contributed by atoms with van der Waals surface area (Å²) < 4.78 is 5.24. The van der Waals surface area contributed by atoms with Crippen molar-refractivity contribution in [2.75, 3.05) is 13.7 Å². The lowest BCUT2D eigenvalue weighted by Gasteiger charge is -2.31. The van der Waals surface area contributed by atoms with Gasteiger partial charge < -0.3 is 9.84 Å². The Balaban J connectivity index is 1.58. The number of aryl methyl sites for hydroxylation is 1. The zero-order chi connectivity index (χ0) is 17.2. The van der Waals surface area contributed by atoms with E-state index < -0.39 is 0 Å². The van der Waals surface area contributed by atoms with E-state index in [1.807, 2.05) is 18.3 Å². The predicted octanol–water partition coefficient (Wildman–Crippen LogP) is 4.29. The Morgan fingerprint density at radius 2 is 1.96 bits per heavy atom. The first-order valence-corrected chi connectivity index (χ1v) is 8.90. The Bertz CT molecular complexity index is 838. The minimum absolute atomic E-state index is 0.167. The van der Waals surface area contributed by atoms with E-state index in [0.717, 1.165) is 30.5 Å². The number of fused-ring (bicyclic) bond motifs is 1. The Labute approximate surface area is 148 Å². The summed E-state index contributed by atoms with van der Waals surface area (Å²) in [5, 5.41) is 9.80. The Kier molecular flexibility index (Phi) is 4.31. The van der Waals surface area contributed by atoms with Crippen LogP contribution in [0.25, 0.3) is 5.57 Å². The number of nitrogens with zero attached hydrogens (tertiary/aromatic N) is 1. The fraction of sp³-hybridized carbons (Fsp3) is 0.318. The molecule has 25 heavy (non-hydrogen) atoms. The zero-order valence-electron chi connectivity index (χ0n) is 14.5. The van der Waals surface area contributed by atoms with Gasteiger partial charge in [0, 0.05) is 18.7 Å². The maximum atomic E-state index is 9.80. The molecule has 2 unspecified atom stereocenters. The highest BCUT2D eigenvalue weighted by Gasteiger charge is 2.26. The van der Waals surface area contributed by atoms with Gasteiger partial charge in [-0.3, -0.25) is 4.99 Å². The standard InChI is InChI=1S/C22H23NO2/c1-25-22-12-18(8-9-21(22)24)20-11-19(13-23-14-20)17-7-6-15-4-2-3-5-16(15)10-17/h2-5,8-9,11-12,14,17,19,24H,6-7,10,13H2,1H3. The van der Waals surface area contributed by atoms with E-state index in [1.54, 1.807) is 13.2 Å². The van der Waals surface area contributed by atoms with Crippen molar-refractivity contribution in [2.24, 2.45) is 16.8 Å². The lowest BCUT2D eigenvalue weighted by molar-refractivity contribution is 0.357. The van der Waals surface area contributed by atoms with Crippen LogP contribution in [0.5, 0.6) is 11.5 Å². The van der Waals surface area contributed by atoms with Gasteiger partial charge in [0.2, 0.25) is 0 Å². The third-order valence-electron chi connectivity index (χ3n) is 5.44. The number of dihydropyridines is 1. The highest BCUT2D eigenvalue weighted by molar-refractivity contribution is 6.10. The van der Waals surface area contributed by atoms with Crippen LogP contribution >= 0.6 is 0 Å². The summed E-state index contributed by atoms with van der Waals surface area (Å²) in [5.74, 6) is 1.77. The van der Waals surface area contributed by atoms with Crippen molar-refractivity contribution < 1.29 is 9.84 Å². The molecule has 0 saturated carbocycles. The number of phenols is 1. The van der Waals surface area contributed by atoms with E-state index in [-0.39, 0.29) is 5.75 Å². The van der Waals surface area contributed by atoms with Gasteiger partial charge in [0.05, 0.1) is 7.11 Å². The molecule has 2 aromatic carbocycles. The first-order valence-electron chi connectivity index (χ1n) is 8.90. The molecule has 2 aromatic rings. The molecule has 1 N–H and O–H groups in total. The van der Waals surface area contributed by atoms with Crippen molar-refractivity contribution in [1.29, 1.82) is 0 Å². The van der Waals surface area contributed by atoms with Crippen molar-refractivity contribution in [3.8, 4) is 11.5 Å². The summed E-state index contributed by atoms with van der Waals surface area (Å²) in [5.41, 5.74) is 5.16. The van der Waals surface area contributed by atoms with Gasteiger partial charge in [-0.05, 0) is 59.6 Å². The molecule has 0 spiro atoms. The molecule has 4 rings (SSSR count). The van der Waals surface area contributed by atoms with Crippen molar-refractivity contribution in [3.63, 3.8) is 0 Å². The van der Waals surface area contributed by atoms with Crippen molar-refractivity contribution in [2.45, 2.75) is 19.3 Å². The summed E-state index contributed by atoms with van der Waals surface area (Å²) in [6.45, 7) is 0.867. The van der Waals surface area contributed by atoms with Gasteiger partial charge in [-0.1, -0.05) is 36.4 Å². The van der Waals surface area contributed by atoms with Crippen LogP contribution in [0.3, 0.4) is 0 Å². The van der Waals surface area contributed by atoms with Gasteiger partial charge in [0.25, 0.3) is 0 Å². The molecule has 0 saturated heterocycles. The van der Waals surface area contributed by atoms with Gasteiger partial charge in [0.1, 0.15) is 0 Å². The molecule has 1 aliphatic carbocycles. The number of ether oxygens (including phenoxy) is 1. The Morgan fingerprint density at radius 3 is 2.80 bits per heavy atom. The van der Waals surface area contributed by atoms with Gasteiger partial charge in [0.15, 0.2) is 11.5 Å². The minimum Gasteiger partial charge on any atom is -0.504 e. The van der Waals surface area contributed by atoms with E-state index in [9.17, 15) is 5.11 Å². The number of hydrogen-bond acceptors (Lipinski definition) is 3. The second-order valence-corrected chi connectivity index (χ2v) is 6.94. The average Bonchev–Trinajstić information content (AvgIpc) is 2.68. The van der Waals surface area contributed by atoms with Crippen LogP contribution in [0, 0.1) is 11.8 Å². The summed E-state index contributed by atoms with van der Waals surface area (Å²) in [6, 6.07) is 14.3. The highest BCUT2D eigenvalue weighted by atomic mass is 16.5. The molecule has 0 radical (unpaired) electrons. The van der Waals surface area contributed by atoms with Gasteiger partial charge in [-0.25, -0.2) is 0 Å². The molecular weight excluding hydrogens is 310 g/mol. The summed E-state index contributed by atoms with van der Waals surface area (Å²) in [4.78, 5) is 4.63. The fourth-order valence-corrected chi connectivity index (χ4v) is 4.00. The maximum absolute atomic E-state index is 9.80. The smallest absolute Gasteiger partial charge is 0.161 e. The van der Waals surface area contributed by atoms with Crippen LogP contribution in [0.4, 0.5) is 0 Å². The predicted molar refractivity (Wildman–Crippen MR) is 101 cm³/mol. The summed E-state index contributed by atoms with van der Waals surface area (Å²) in [7, 11) is 1.57. The maximum Gasteiger partial charge on any atom is 0.161 e. The topological polar surface area (TPSA) is 41.8 Å². The molecule has 0 fully saturated rings. The zero-order valence-corrected chi connectivity index (χ0v) is 14.5. The quantitative estimate of drug-likeness (QED) is 0.910. The fourth-order valence-electron chi connectivity index (χ4n) is 4.00. The summed E-state index contributed by atoms with van der Waals surface area (Å²) in [6.07, 6.45) is 7.83. The Hall–Kier alpha value is -2.55. The third-order valence-corrected chi connectivity index (χ3v) is 5.44. The van der Waals surface area contributed by atoms with Gasteiger partial charge in [-0.2, -0.15) is 0 Å². The number of methoxy groups -OCH3 is 1. The van der Waals surface area contributed by atoms with Crippen LogP contribution < -0.4 is 4.74 Å². The van der Waals surface area contributed by atoms with Gasteiger partial charge >= 0.3 is 0 Å². The lowest BCUT2D eigenvalue weighted by Crippen LogP contribution is -2.25. The van der Waals surface area contributed by atoms with E-state index in [0.29, 0.717) is 17.6 Å². The molecule has 1 heterocycles.